The van der Waals surface area contributed by atoms with Gasteiger partial charge in [-0.15, -0.1) is 0 Å². The lowest BCUT2D eigenvalue weighted by Gasteiger charge is -2.39. The molecule has 1 aliphatic heterocycles. The molecular weight excluding hydrogens is 414 g/mol. The molecule has 3 rings (SSSR count). The van der Waals surface area contributed by atoms with Crippen molar-refractivity contribution in [1.29, 1.82) is 0 Å². The largest absolute Gasteiger partial charge is 0.355 e. The molecule has 0 unspecified atom stereocenters. The highest BCUT2D eigenvalue weighted by Crippen LogP contribution is 2.43. The van der Waals surface area contributed by atoms with Crippen LogP contribution < -0.4 is 5.32 Å². The molecular formula is C23H35N3O4S. The first kappa shape index (κ1) is 23.7. The Bertz CT molecular complexity index is 915. The second-order valence-corrected chi connectivity index (χ2v) is 11.1. The van der Waals surface area contributed by atoms with Gasteiger partial charge in [-0.2, -0.15) is 0 Å². The number of benzene rings is 1. The van der Waals surface area contributed by atoms with E-state index in [1.54, 1.807) is 17.9 Å². The van der Waals surface area contributed by atoms with Crippen molar-refractivity contribution in [3.8, 4) is 0 Å². The smallest absolute Gasteiger partial charge is 0.244 e. The first-order chi connectivity index (χ1) is 14.7. The van der Waals surface area contributed by atoms with Crippen LogP contribution >= 0.6 is 0 Å². The van der Waals surface area contributed by atoms with Crippen LogP contribution in [0.15, 0.2) is 23.1 Å². The van der Waals surface area contributed by atoms with Crippen molar-refractivity contribution in [1.82, 2.24) is 15.1 Å². The third-order valence-electron chi connectivity index (χ3n) is 6.55. The van der Waals surface area contributed by atoms with Gasteiger partial charge in [0.2, 0.25) is 11.8 Å². The van der Waals surface area contributed by atoms with E-state index in [1.807, 2.05) is 30.9 Å². The van der Waals surface area contributed by atoms with Crippen LogP contribution in [0.3, 0.4) is 0 Å². The number of nitrogens with one attached hydrogen (secondary N) is 1. The first-order valence-corrected chi connectivity index (χ1v) is 12.8. The maximum Gasteiger partial charge on any atom is 0.244 e. The van der Waals surface area contributed by atoms with E-state index in [9.17, 15) is 18.0 Å². The predicted octanol–water partition coefficient (Wildman–Crippen LogP) is 2.06. The van der Waals surface area contributed by atoms with E-state index in [-0.39, 0.29) is 16.7 Å². The summed E-state index contributed by atoms with van der Waals surface area (Å²) in [6, 6.07) is 5.41. The van der Waals surface area contributed by atoms with Crippen molar-refractivity contribution >= 4 is 21.7 Å². The Kier molecular flexibility index (Phi) is 7.42. The van der Waals surface area contributed by atoms with Crippen LogP contribution in [0.4, 0.5) is 0 Å². The minimum atomic E-state index is -3.81. The summed E-state index contributed by atoms with van der Waals surface area (Å²) in [7, 11) is -3.81. The number of rotatable bonds is 7. The molecule has 172 valence electrons. The van der Waals surface area contributed by atoms with E-state index in [1.165, 1.54) is 0 Å². The van der Waals surface area contributed by atoms with E-state index in [0.29, 0.717) is 57.7 Å². The lowest BCUT2D eigenvalue weighted by molar-refractivity contribution is -0.136. The van der Waals surface area contributed by atoms with E-state index in [2.05, 4.69) is 5.32 Å². The van der Waals surface area contributed by atoms with Crippen molar-refractivity contribution in [2.24, 2.45) is 0 Å². The third kappa shape index (κ3) is 4.80. The van der Waals surface area contributed by atoms with Crippen molar-refractivity contribution in [3.05, 3.63) is 29.3 Å². The fourth-order valence-corrected chi connectivity index (χ4v) is 7.11. The molecule has 2 amide bonds. The molecule has 31 heavy (non-hydrogen) atoms. The fraction of sp³-hybridized carbons (Fsp3) is 0.652. The average molecular weight is 450 g/mol. The Hall–Kier alpha value is -1.93. The van der Waals surface area contributed by atoms with Gasteiger partial charge in [0.25, 0.3) is 0 Å². The standard InChI is InChI=1S/C23H35N3O4S/c1-4-11-24-21(27)17-25-12-14-26(15-13-25)22(28)23(9-5-6-10-23)31(29,30)20-16-18(2)7-8-19(20)3/h7-8,16H,4-6,9-15,17H2,1-3H3,(H,24,27). The lowest BCUT2D eigenvalue weighted by Crippen LogP contribution is -2.58. The number of hydrogen-bond acceptors (Lipinski definition) is 5. The van der Waals surface area contributed by atoms with E-state index in [4.69, 9.17) is 0 Å². The topological polar surface area (TPSA) is 86.8 Å². The van der Waals surface area contributed by atoms with Gasteiger partial charge in [0.05, 0.1) is 11.4 Å². The SMILES string of the molecule is CCCNC(=O)CN1CCN(C(=O)C2(S(=O)(=O)c3cc(C)ccc3C)CCCC2)CC1. The maximum atomic E-state index is 13.8. The van der Waals surface area contributed by atoms with Gasteiger partial charge in [0, 0.05) is 32.7 Å². The van der Waals surface area contributed by atoms with Gasteiger partial charge < -0.3 is 10.2 Å². The van der Waals surface area contributed by atoms with Gasteiger partial charge in [-0.1, -0.05) is 31.9 Å². The van der Waals surface area contributed by atoms with Gasteiger partial charge in [-0.05, 0) is 50.3 Å². The molecule has 2 fully saturated rings. The highest BCUT2D eigenvalue weighted by atomic mass is 32.2. The maximum absolute atomic E-state index is 13.8. The molecule has 0 atom stereocenters. The number of nitrogens with zero attached hydrogens (tertiary/aromatic N) is 2. The molecule has 8 heteroatoms. The predicted molar refractivity (Wildman–Crippen MR) is 121 cm³/mol. The molecule has 1 aromatic carbocycles. The monoisotopic (exact) mass is 449 g/mol. The minimum Gasteiger partial charge on any atom is -0.355 e. The molecule has 1 aromatic rings. The molecule has 0 spiro atoms. The van der Waals surface area contributed by atoms with Crippen molar-refractivity contribution in [2.45, 2.75) is 62.5 Å². The first-order valence-electron chi connectivity index (χ1n) is 11.3. The second-order valence-electron chi connectivity index (χ2n) is 8.89. The zero-order chi connectivity index (χ0) is 22.6. The summed E-state index contributed by atoms with van der Waals surface area (Å²) in [5.74, 6) is -0.271. The Balaban J connectivity index is 1.76. The Labute approximate surface area is 186 Å². The zero-order valence-corrected chi connectivity index (χ0v) is 19.8. The second kappa shape index (κ2) is 9.69. The lowest BCUT2D eigenvalue weighted by atomic mass is 10.0. The molecule has 0 aromatic heterocycles. The van der Waals surface area contributed by atoms with Gasteiger partial charge >= 0.3 is 0 Å². The number of aryl methyl sites for hydroxylation is 2. The molecule has 1 N–H and O–H groups in total. The van der Waals surface area contributed by atoms with Crippen LogP contribution in [0.25, 0.3) is 0 Å². The van der Waals surface area contributed by atoms with Crippen LogP contribution in [-0.2, 0) is 19.4 Å². The van der Waals surface area contributed by atoms with Gasteiger partial charge in [-0.25, -0.2) is 8.42 Å². The summed E-state index contributed by atoms with van der Waals surface area (Å²) in [5.41, 5.74) is 1.56. The summed E-state index contributed by atoms with van der Waals surface area (Å²) >= 11 is 0. The highest BCUT2D eigenvalue weighted by molar-refractivity contribution is 7.93. The van der Waals surface area contributed by atoms with Crippen LogP contribution in [0, 0.1) is 13.8 Å². The summed E-state index contributed by atoms with van der Waals surface area (Å²) in [6.45, 7) is 8.70. The number of carbonyl (C=O) groups is 2. The van der Waals surface area contributed by atoms with E-state index in [0.717, 1.165) is 24.8 Å². The number of piperazine rings is 1. The number of sulfone groups is 1. The van der Waals surface area contributed by atoms with Crippen LogP contribution in [-0.4, -0.2) is 74.0 Å². The minimum absolute atomic E-state index is 0.00797. The number of hydrogen-bond donors (Lipinski definition) is 1. The van der Waals surface area contributed by atoms with Crippen LogP contribution in [0.1, 0.15) is 50.2 Å². The molecule has 0 radical (unpaired) electrons. The van der Waals surface area contributed by atoms with Crippen molar-refractivity contribution in [3.63, 3.8) is 0 Å². The Morgan fingerprint density at radius 1 is 1.06 bits per heavy atom. The normalized spacial score (nSPS) is 19.4. The third-order valence-corrected chi connectivity index (χ3v) is 9.18. The number of amides is 2. The van der Waals surface area contributed by atoms with Crippen molar-refractivity contribution in [2.75, 3.05) is 39.3 Å². The van der Waals surface area contributed by atoms with Gasteiger partial charge in [0.1, 0.15) is 0 Å². The molecule has 1 aliphatic carbocycles. The quantitative estimate of drug-likeness (QED) is 0.689. The molecule has 1 saturated carbocycles. The highest BCUT2D eigenvalue weighted by Gasteiger charge is 2.55. The molecule has 7 nitrogen and oxygen atoms in total. The zero-order valence-electron chi connectivity index (χ0n) is 18.9. The molecule has 1 heterocycles. The van der Waals surface area contributed by atoms with Crippen LogP contribution in [0.2, 0.25) is 0 Å². The Morgan fingerprint density at radius 3 is 2.32 bits per heavy atom. The molecule has 1 saturated heterocycles. The van der Waals surface area contributed by atoms with Crippen LogP contribution in [0.5, 0.6) is 0 Å². The van der Waals surface area contributed by atoms with Gasteiger partial charge in [0.15, 0.2) is 14.6 Å². The molecule has 0 bridgehead atoms. The molecule has 2 aliphatic rings. The average Bonchev–Trinajstić information content (AvgIpc) is 3.26. The van der Waals surface area contributed by atoms with E-state index >= 15 is 0 Å². The Morgan fingerprint density at radius 2 is 1.71 bits per heavy atom. The summed E-state index contributed by atoms with van der Waals surface area (Å²) in [4.78, 5) is 29.7. The van der Waals surface area contributed by atoms with Gasteiger partial charge in [-0.3, -0.25) is 14.5 Å². The number of carbonyl (C=O) groups excluding carboxylic acids is 2. The summed E-state index contributed by atoms with van der Waals surface area (Å²) in [5, 5.41) is 2.87. The van der Waals surface area contributed by atoms with Crippen molar-refractivity contribution < 1.29 is 18.0 Å². The fourth-order valence-electron chi connectivity index (χ4n) is 4.67. The summed E-state index contributed by atoms with van der Waals surface area (Å²) < 4.78 is 26.3. The van der Waals surface area contributed by atoms with E-state index < -0.39 is 14.6 Å². The summed E-state index contributed by atoms with van der Waals surface area (Å²) in [6.07, 6.45) is 3.13.